The van der Waals surface area contributed by atoms with Crippen molar-refractivity contribution in [2.24, 2.45) is 0 Å². The van der Waals surface area contributed by atoms with Crippen LogP contribution in [0.5, 0.6) is 11.5 Å². The van der Waals surface area contributed by atoms with Crippen LogP contribution in [0.2, 0.25) is 0 Å². The fourth-order valence-corrected chi connectivity index (χ4v) is 10.1. The van der Waals surface area contributed by atoms with Gasteiger partial charge in [0.1, 0.15) is 11.5 Å². The highest BCUT2D eigenvalue weighted by atomic mass is 32.2. The quantitative estimate of drug-likeness (QED) is 0.0453. The third-order valence-electron chi connectivity index (χ3n) is 12.3. The van der Waals surface area contributed by atoms with Gasteiger partial charge in [0.25, 0.3) is 0 Å². The van der Waals surface area contributed by atoms with E-state index in [-0.39, 0.29) is 22.7 Å². The van der Waals surface area contributed by atoms with Crippen LogP contribution >= 0.6 is 24.0 Å². The number of ketones is 1. The van der Waals surface area contributed by atoms with Crippen LogP contribution in [0.3, 0.4) is 0 Å². The van der Waals surface area contributed by atoms with E-state index in [2.05, 4.69) is 58.9 Å². The van der Waals surface area contributed by atoms with Gasteiger partial charge in [-0.1, -0.05) is 217 Å². The lowest BCUT2D eigenvalue weighted by atomic mass is 9.77. The van der Waals surface area contributed by atoms with Crippen molar-refractivity contribution in [2.75, 3.05) is 0 Å². The summed E-state index contributed by atoms with van der Waals surface area (Å²) in [5.41, 5.74) is 6.30. The number of thiocarbonyl (C=S) groups is 1. The number of carbonyl (C=O) groups excluding carboxylic acids is 1. The number of aromatic hydroxyl groups is 2. The van der Waals surface area contributed by atoms with Crippen LogP contribution < -0.4 is 0 Å². The number of aryl methyl sites for hydroxylation is 2. The Morgan fingerprint density at radius 2 is 0.983 bits per heavy atom. The van der Waals surface area contributed by atoms with Gasteiger partial charge in [-0.2, -0.15) is 0 Å². The summed E-state index contributed by atoms with van der Waals surface area (Å²) >= 11 is 7.88. The van der Waals surface area contributed by atoms with Crippen molar-refractivity contribution in [1.82, 2.24) is 0 Å². The first kappa shape index (κ1) is 46.7. The molecule has 3 nitrogen and oxygen atoms in total. The van der Waals surface area contributed by atoms with E-state index in [4.69, 9.17) is 12.2 Å². The van der Waals surface area contributed by atoms with Gasteiger partial charge in [-0.25, -0.2) is 0 Å². The number of unbranched alkanes of at least 4 members (excludes halogenated alkanes) is 18. The summed E-state index contributed by atoms with van der Waals surface area (Å²) in [4.78, 5) is 17.4. The highest BCUT2D eigenvalue weighted by Gasteiger charge is 2.38. The predicted molar refractivity (Wildman–Crippen MR) is 256 cm³/mol. The SMILES string of the molecule is CCCCCCCCCCCCc1cc(Sc2ccc(C(C)(C)C)cc2)c2c(c1O)C(=S)c1c(O)c(CCCCCCCCCCCC)cc(-c3ccccc3)c1C2=O. The van der Waals surface area contributed by atoms with Crippen LogP contribution in [0.4, 0.5) is 0 Å². The van der Waals surface area contributed by atoms with E-state index in [0.717, 1.165) is 57.7 Å². The fraction of sp³-hybridized carbons (Fsp3) is 0.519. The van der Waals surface area contributed by atoms with Gasteiger partial charge in [0.2, 0.25) is 0 Å². The summed E-state index contributed by atoms with van der Waals surface area (Å²) in [6.07, 6.45) is 26.2. The lowest BCUT2D eigenvalue weighted by Gasteiger charge is -2.28. The summed E-state index contributed by atoms with van der Waals surface area (Å²) in [7, 11) is 0. The highest BCUT2D eigenvalue weighted by molar-refractivity contribution is 7.99. The van der Waals surface area contributed by atoms with Crippen molar-refractivity contribution in [2.45, 2.75) is 191 Å². The molecule has 2 N–H and O–H groups in total. The zero-order valence-corrected chi connectivity index (χ0v) is 38.7. The summed E-state index contributed by atoms with van der Waals surface area (Å²) in [5, 5.41) is 24.2. The smallest absolute Gasteiger partial charge is 0.196 e. The molecule has 5 heteroatoms. The monoisotopic (exact) mass is 832 g/mol. The van der Waals surface area contributed by atoms with Crippen molar-refractivity contribution in [1.29, 1.82) is 0 Å². The molecule has 1 aliphatic carbocycles. The summed E-state index contributed by atoms with van der Waals surface area (Å²) in [5.74, 6) is -0.0166. The van der Waals surface area contributed by atoms with Gasteiger partial charge in [0, 0.05) is 32.0 Å². The number of phenolic OH excluding ortho intramolecular Hbond substituents is 2. The molecule has 0 heterocycles. The Hall–Kier alpha value is -3.41. The Labute approximate surface area is 367 Å². The first-order chi connectivity index (χ1) is 28.6. The molecule has 5 rings (SSSR count). The molecule has 0 amide bonds. The Bertz CT molecular complexity index is 1960. The fourth-order valence-electron chi connectivity index (χ4n) is 8.65. The normalized spacial score (nSPS) is 12.6. The maximum Gasteiger partial charge on any atom is 0.196 e. The van der Waals surface area contributed by atoms with Crippen LogP contribution in [0.25, 0.3) is 11.1 Å². The maximum absolute atomic E-state index is 15.2. The first-order valence-corrected chi connectivity index (χ1v) is 24.5. The van der Waals surface area contributed by atoms with Crippen molar-refractivity contribution in [3.8, 4) is 22.6 Å². The topological polar surface area (TPSA) is 57.5 Å². The number of phenols is 2. The second-order valence-corrected chi connectivity index (χ2v) is 19.6. The van der Waals surface area contributed by atoms with E-state index in [9.17, 15) is 10.2 Å². The number of carbonyl (C=O) groups is 1. The van der Waals surface area contributed by atoms with Gasteiger partial charge in [-0.05, 0) is 83.2 Å². The second-order valence-electron chi connectivity index (χ2n) is 18.1. The first-order valence-electron chi connectivity index (χ1n) is 23.3. The van der Waals surface area contributed by atoms with Crippen LogP contribution in [-0.4, -0.2) is 20.9 Å². The number of hydrogen-bond donors (Lipinski definition) is 2. The maximum atomic E-state index is 15.2. The van der Waals surface area contributed by atoms with Gasteiger partial charge >= 0.3 is 0 Å². The summed E-state index contributed by atoms with van der Waals surface area (Å²) < 4.78 is 0. The van der Waals surface area contributed by atoms with E-state index < -0.39 is 0 Å². The van der Waals surface area contributed by atoms with Crippen molar-refractivity contribution < 1.29 is 15.0 Å². The van der Waals surface area contributed by atoms with Crippen LogP contribution in [0.15, 0.2) is 76.5 Å². The zero-order valence-electron chi connectivity index (χ0n) is 37.0. The Kier molecular flexibility index (Phi) is 18.6. The largest absolute Gasteiger partial charge is 0.507 e. The highest BCUT2D eigenvalue weighted by Crippen LogP contribution is 2.48. The molecule has 0 saturated heterocycles. The third-order valence-corrected chi connectivity index (χ3v) is 13.7. The number of rotatable bonds is 25. The average molecular weight is 833 g/mol. The molecule has 318 valence electrons. The molecule has 4 aromatic carbocycles. The molecule has 0 fully saturated rings. The molecule has 0 saturated carbocycles. The van der Waals surface area contributed by atoms with E-state index in [1.807, 2.05) is 42.5 Å². The second kappa shape index (κ2) is 23.6. The molecule has 4 aromatic rings. The predicted octanol–water partition coefficient (Wildman–Crippen LogP) is 16.5. The van der Waals surface area contributed by atoms with Crippen molar-refractivity contribution >= 4 is 34.6 Å². The minimum atomic E-state index is -0.196. The molecule has 1 aliphatic rings. The lowest BCUT2D eigenvalue weighted by molar-refractivity contribution is 0.103. The molecule has 0 spiro atoms. The van der Waals surface area contributed by atoms with Crippen LogP contribution in [0, 0.1) is 0 Å². The standard InChI is InChI=1S/C54H72O3S2/c1-6-8-10-12-14-16-18-20-22-25-31-40-37-44(39-29-27-24-28-30-39)46-48(50(40)55)53(58)49-47(52(46)57)45(59-43-35-33-42(34-36-43)54(3,4)5)38-41(51(49)56)32-26-23-21-19-17-15-13-11-9-7-2/h24,27-30,33-38,55-56H,6-23,25-26,31-32H2,1-5H3. The van der Waals surface area contributed by atoms with E-state index >= 15 is 4.79 Å². The molecule has 59 heavy (non-hydrogen) atoms. The van der Waals surface area contributed by atoms with Crippen LogP contribution in [0.1, 0.15) is 207 Å². The molecule has 0 atom stereocenters. The zero-order chi connectivity index (χ0) is 42.2. The minimum Gasteiger partial charge on any atom is -0.507 e. The van der Waals surface area contributed by atoms with Crippen molar-refractivity contribution in [3.05, 3.63) is 106 Å². The number of hydrogen-bond acceptors (Lipinski definition) is 5. The Morgan fingerprint density at radius 3 is 1.46 bits per heavy atom. The summed E-state index contributed by atoms with van der Waals surface area (Å²) in [6, 6.07) is 22.7. The van der Waals surface area contributed by atoms with Gasteiger partial charge in [0.05, 0.1) is 4.86 Å². The third kappa shape index (κ3) is 12.8. The molecular weight excluding hydrogens is 761 g/mol. The van der Waals surface area contributed by atoms with Gasteiger partial charge in [-0.15, -0.1) is 0 Å². The number of benzene rings is 4. The van der Waals surface area contributed by atoms with E-state index in [1.54, 1.807) is 11.8 Å². The van der Waals surface area contributed by atoms with Gasteiger partial charge in [-0.3, -0.25) is 4.79 Å². The Morgan fingerprint density at radius 1 is 0.542 bits per heavy atom. The van der Waals surface area contributed by atoms with Gasteiger partial charge < -0.3 is 10.2 Å². The molecule has 0 aliphatic heterocycles. The molecular formula is C54H72O3S2. The molecule has 0 bridgehead atoms. The lowest BCUT2D eigenvalue weighted by Crippen LogP contribution is -2.24. The summed E-state index contributed by atoms with van der Waals surface area (Å²) in [6.45, 7) is 11.2. The number of fused-ring (bicyclic) bond motifs is 2. The molecule has 0 aromatic heterocycles. The van der Waals surface area contributed by atoms with E-state index in [0.29, 0.717) is 40.0 Å². The molecule has 0 unspecified atom stereocenters. The van der Waals surface area contributed by atoms with Gasteiger partial charge in [0.15, 0.2) is 5.78 Å². The minimum absolute atomic E-state index is 0.0250. The molecule has 0 radical (unpaired) electrons. The Balaban J connectivity index is 1.45. The van der Waals surface area contributed by atoms with E-state index in [1.165, 1.54) is 108 Å². The van der Waals surface area contributed by atoms with Crippen LogP contribution in [-0.2, 0) is 18.3 Å². The van der Waals surface area contributed by atoms with Crippen molar-refractivity contribution in [3.63, 3.8) is 0 Å². The average Bonchev–Trinajstić information content (AvgIpc) is 3.22.